The average molecular weight is 433 g/mol. The van der Waals surface area contributed by atoms with E-state index in [0.29, 0.717) is 11.3 Å². The number of amides is 1. The molecule has 0 aliphatic carbocycles. The van der Waals surface area contributed by atoms with Gasteiger partial charge in [-0.2, -0.15) is 13.2 Å². The molecule has 6 nitrogen and oxygen atoms in total. The normalized spacial score (nSPS) is 17.2. The lowest BCUT2D eigenvalue weighted by Crippen LogP contribution is -2.41. The summed E-state index contributed by atoms with van der Waals surface area (Å²) >= 11 is 0.664. The van der Waals surface area contributed by atoms with E-state index in [1.54, 1.807) is 0 Å². The van der Waals surface area contributed by atoms with Gasteiger partial charge < -0.3 is 9.64 Å². The second-order valence-electron chi connectivity index (χ2n) is 6.10. The number of hydrogen-bond acceptors (Lipinski definition) is 6. The Balaban J connectivity index is 2.11. The van der Waals surface area contributed by atoms with E-state index < -0.39 is 45.2 Å². The minimum absolute atomic E-state index is 0.0213. The summed E-state index contributed by atoms with van der Waals surface area (Å²) < 4.78 is 68.2. The molecule has 0 N–H and O–H groups in total. The van der Waals surface area contributed by atoms with Crippen LogP contribution in [0.5, 0.6) is 0 Å². The topological polar surface area (TPSA) is 80.8 Å². The largest absolute Gasteiger partial charge is 0.465 e. The maximum atomic E-state index is 13.0. The molecule has 1 aromatic carbocycles. The van der Waals surface area contributed by atoms with E-state index in [-0.39, 0.29) is 20.3 Å². The van der Waals surface area contributed by atoms with Crippen LogP contribution in [-0.4, -0.2) is 33.2 Å². The third-order valence-corrected chi connectivity index (χ3v) is 7.59. The summed E-state index contributed by atoms with van der Waals surface area (Å²) in [6.07, 6.45) is -4.56. The Labute approximate surface area is 162 Å². The van der Waals surface area contributed by atoms with Gasteiger partial charge in [0, 0.05) is 0 Å². The molecule has 0 saturated carbocycles. The molecule has 0 bridgehead atoms. The molecule has 3 rings (SSSR count). The van der Waals surface area contributed by atoms with Gasteiger partial charge in [-0.05, 0) is 30.7 Å². The Morgan fingerprint density at radius 1 is 1.29 bits per heavy atom. The van der Waals surface area contributed by atoms with E-state index in [9.17, 15) is 31.2 Å². The maximum Gasteiger partial charge on any atom is 0.416 e. The molecule has 0 saturated heterocycles. The first-order valence-electron chi connectivity index (χ1n) is 7.90. The van der Waals surface area contributed by atoms with Gasteiger partial charge in [-0.3, -0.25) is 4.79 Å². The van der Waals surface area contributed by atoms with E-state index in [1.807, 2.05) is 0 Å². The smallest absolute Gasteiger partial charge is 0.416 e. The van der Waals surface area contributed by atoms with Crippen LogP contribution in [0.15, 0.2) is 34.5 Å². The van der Waals surface area contributed by atoms with Crippen molar-refractivity contribution in [1.82, 2.24) is 0 Å². The standard InChI is InChI=1S/C17H14F3NO5S2/c1-9(10-4-3-5-11(6-10)17(18,19)20)21-12-7-13(15(23)26-2)27-16(12)28(24,25)8-14(21)22/h3-7,9H,8H2,1-2H3. The number of esters is 1. The van der Waals surface area contributed by atoms with Gasteiger partial charge in [0.25, 0.3) is 0 Å². The molecule has 11 heteroatoms. The highest BCUT2D eigenvalue weighted by molar-refractivity contribution is 7.94. The van der Waals surface area contributed by atoms with Gasteiger partial charge in [-0.15, -0.1) is 11.3 Å². The average Bonchev–Trinajstić information content (AvgIpc) is 3.06. The molecule has 1 atom stereocenters. The fourth-order valence-electron chi connectivity index (χ4n) is 2.94. The number of hydrogen-bond donors (Lipinski definition) is 0. The first kappa shape index (κ1) is 20.3. The molecule has 2 heterocycles. The Morgan fingerprint density at radius 3 is 2.57 bits per heavy atom. The number of benzene rings is 1. The van der Waals surface area contributed by atoms with Crippen molar-refractivity contribution >= 4 is 38.7 Å². The lowest BCUT2D eigenvalue weighted by Gasteiger charge is -2.32. The third kappa shape index (κ3) is 3.51. The number of rotatable bonds is 3. The van der Waals surface area contributed by atoms with Crippen LogP contribution >= 0.6 is 11.3 Å². The summed E-state index contributed by atoms with van der Waals surface area (Å²) in [5, 5.41) is 0. The Kier molecular flexibility index (Phi) is 5.00. The molecule has 1 aliphatic heterocycles. The van der Waals surface area contributed by atoms with Crippen LogP contribution in [0.3, 0.4) is 0 Å². The first-order chi connectivity index (χ1) is 13.0. The molecule has 150 valence electrons. The highest BCUT2D eigenvalue weighted by atomic mass is 32.2. The van der Waals surface area contributed by atoms with Crippen molar-refractivity contribution in [2.24, 2.45) is 0 Å². The van der Waals surface area contributed by atoms with Crippen molar-refractivity contribution in [2.75, 3.05) is 17.8 Å². The van der Waals surface area contributed by atoms with E-state index in [0.717, 1.165) is 24.1 Å². The second kappa shape index (κ2) is 6.89. The maximum absolute atomic E-state index is 13.0. The number of ether oxygens (including phenoxy) is 1. The molecule has 1 unspecified atom stereocenters. The number of carbonyl (C=O) groups excluding carboxylic acids is 2. The molecule has 28 heavy (non-hydrogen) atoms. The van der Waals surface area contributed by atoms with Crippen molar-refractivity contribution in [3.8, 4) is 0 Å². The molecule has 1 aromatic heterocycles. The predicted octanol–water partition coefficient (Wildman–Crippen LogP) is 3.44. The minimum atomic E-state index is -4.56. The first-order valence-corrected chi connectivity index (χ1v) is 10.4. The van der Waals surface area contributed by atoms with E-state index in [1.165, 1.54) is 25.1 Å². The van der Waals surface area contributed by atoms with Gasteiger partial charge in [0.2, 0.25) is 5.91 Å². The number of fused-ring (bicyclic) bond motifs is 1. The van der Waals surface area contributed by atoms with Crippen LogP contribution in [0.25, 0.3) is 0 Å². The zero-order chi connectivity index (χ0) is 20.9. The lowest BCUT2D eigenvalue weighted by atomic mass is 10.0. The van der Waals surface area contributed by atoms with Crippen molar-refractivity contribution in [3.63, 3.8) is 0 Å². The van der Waals surface area contributed by atoms with Crippen molar-refractivity contribution in [3.05, 3.63) is 46.3 Å². The molecular weight excluding hydrogens is 419 g/mol. The van der Waals surface area contributed by atoms with Crippen LogP contribution in [-0.2, 0) is 25.5 Å². The van der Waals surface area contributed by atoms with E-state index in [4.69, 9.17) is 0 Å². The Hall–Kier alpha value is -2.40. The Bertz CT molecular complexity index is 1060. The van der Waals surface area contributed by atoms with E-state index in [2.05, 4.69) is 4.74 Å². The summed E-state index contributed by atoms with van der Waals surface area (Å²) in [6, 6.07) is 4.78. The molecule has 1 amide bonds. The summed E-state index contributed by atoms with van der Waals surface area (Å²) in [5.74, 6) is -2.38. The monoisotopic (exact) mass is 433 g/mol. The lowest BCUT2D eigenvalue weighted by molar-refractivity contribution is -0.137. The number of alkyl halides is 3. The zero-order valence-corrected chi connectivity index (χ0v) is 16.2. The predicted molar refractivity (Wildman–Crippen MR) is 95.1 cm³/mol. The fraction of sp³-hybridized carbons (Fsp3) is 0.294. The van der Waals surface area contributed by atoms with Crippen molar-refractivity contribution in [2.45, 2.75) is 23.4 Å². The van der Waals surface area contributed by atoms with Gasteiger partial charge in [0.15, 0.2) is 9.84 Å². The van der Waals surface area contributed by atoms with Gasteiger partial charge >= 0.3 is 12.1 Å². The van der Waals surface area contributed by atoms with Crippen LogP contribution in [0, 0.1) is 0 Å². The number of anilines is 1. The van der Waals surface area contributed by atoms with Gasteiger partial charge in [-0.25, -0.2) is 13.2 Å². The summed E-state index contributed by atoms with van der Waals surface area (Å²) in [5.41, 5.74) is -0.736. The number of carbonyl (C=O) groups is 2. The van der Waals surface area contributed by atoms with Crippen LogP contribution in [0.4, 0.5) is 18.9 Å². The number of thiophene rings is 1. The molecule has 0 spiro atoms. The van der Waals surface area contributed by atoms with Crippen molar-refractivity contribution < 1.29 is 35.9 Å². The Morgan fingerprint density at radius 2 is 1.96 bits per heavy atom. The van der Waals surface area contributed by atoms with Gasteiger partial charge in [0.05, 0.1) is 24.4 Å². The molecule has 0 radical (unpaired) electrons. The number of sulfone groups is 1. The van der Waals surface area contributed by atoms with Gasteiger partial charge in [0.1, 0.15) is 14.8 Å². The zero-order valence-electron chi connectivity index (χ0n) is 14.6. The molecule has 0 fully saturated rings. The SMILES string of the molecule is COC(=O)c1cc2c(s1)S(=O)(=O)CC(=O)N2C(C)c1cccc(C(F)(F)F)c1. The van der Waals surface area contributed by atoms with Crippen molar-refractivity contribution in [1.29, 1.82) is 0 Å². The number of nitrogens with zero attached hydrogens (tertiary/aromatic N) is 1. The van der Waals surface area contributed by atoms with Crippen LogP contribution in [0.1, 0.15) is 33.8 Å². The molecule has 2 aromatic rings. The highest BCUT2D eigenvalue weighted by Gasteiger charge is 2.40. The number of halogens is 3. The second-order valence-corrected chi connectivity index (χ2v) is 9.33. The third-order valence-electron chi connectivity index (χ3n) is 4.27. The summed E-state index contributed by atoms with van der Waals surface area (Å²) in [4.78, 5) is 25.4. The van der Waals surface area contributed by atoms with Crippen LogP contribution in [0.2, 0.25) is 0 Å². The van der Waals surface area contributed by atoms with Gasteiger partial charge in [-0.1, -0.05) is 12.1 Å². The highest BCUT2D eigenvalue weighted by Crippen LogP contribution is 2.43. The molecule has 1 aliphatic rings. The van der Waals surface area contributed by atoms with E-state index >= 15 is 0 Å². The summed E-state index contributed by atoms with van der Waals surface area (Å²) in [7, 11) is -2.82. The quantitative estimate of drug-likeness (QED) is 0.693. The summed E-state index contributed by atoms with van der Waals surface area (Å²) in [6.45, 7) is 1.49. The molecular formula is C17H14F3NO5S2. The minimum Gasteiger partial charge on any atom is -0.465 e. The van der Waals surface area contributed by atoms with Crippen LogP contribution < -0.4 is 4.90 Å². The number of methoxy groups -OCH3 is 1. The fourth-order valence-corrected chi connectivity index (χ4v) is 5.76.